The number of aliphatic hydroxyl groups excluding tert-OH is 2. The van der Waals surface area contributed by atoms with Crippen LogP contribution in [-0.2, 0) is 4.74 Å². The van der Waals surface area contributed by atoms with E-state index in [0.717, 1.165) is 0 Å². The van der Waals surface area contributed by atoms with Crippen molar-refractivity contribution in [3.05, 3.63) is 29.0 Å². The van der Waals surface area contributed by atoms with E-state index in [4.69, 9.17) is 10.3 Å². The highest BCUT2D eigenvalue weighted by atomic mass is 16.7. The zero-order valence-electron chi connectivity index (χ0n) is 10.9. The molecule has 1 aliphatic heterocycles. The molecule has 1 unspecified atom stereocenters. The second kappa shape index (κ2) is 4.65. The fourth-order valence-electron chi connectivity index (χ4n) is 2.39. The van der Waals surface area contributed by atoms with Crippen LogP contribution in [0, 0.1) is 0 Å². The summed E-state index contributed by atoms with van der Waals surface area (Å²) in [5.41, 5.74) is 7.14. The van der Waals surface area contributed by atoms with Crippen LogP contribution in [0.5, 0.6) is 0 Å². The molecule has 3 heterocycles. The normalized spacial score (nSPS) is 32.3. The Morgan fingerprint density at radius 1 is 1.48 bits per heavy atom. The third kappa shape index (κ3) is 1.94. The maximum Gasteiger partial charge on any atom is 0.186 e. The van der Waals surface area contributed by atoms with Crippen LogP contribution in [0.25, 0.3) is 21.5 Å². The SMILES string of the molecule is C[C@@]1(O)[C@H](O)C(O)O[C@H]1n1ccc2c(N=[N+]=[N-])ncnc21. The van der Waals surface area contributed by atoms with E-state index in [0.29, 0.717) is 11.0 Å². The van der Waals surface area contributed by atoms with E-state index in [1.165, 1.54) is 17.8 Å². The summed E-state index contributed by atoms with van der Waals surface area (Å²) in [5.74, 6) is 0.139. The van der Waals surface area contributed by atoms with Crippen molar-refractivity contribution in [2.24, 2.45) is 5.11 Å². The van der Waals surface area contributed by atoms with Gasteiger partial charge in [-0.15, -0.1) is 0 Å². The molecule has 1 saturated heterocycles. The molecular weight excluding hydrogens is 280 g/mol. The van der Waals surface area contributed by atoms with Gasteiger partial charge in [0.1, 0.15) is 29.5 Å². The van der Waals surface area contributed by atoms with Crippen molar-refractivity contribution in [2.45, 2.75) is 31.1 Å². The molecule has 0 spiro atoms. The monoisotopic (exact) mass is 292 g/mol. The molecule has 3 rings (SSSR count). The van der Waals surface area contributed by atoms with Gasteiger partial charge in [-0.3, -0.25) is 0 Å². The smallest absolute Gasteiger partial charge is 0.186 e. The van der Waals surface area contributed by atoms with Crippen LogP contribution >= 0.6 is 0 Å². The van der Waals surface area contributed by atoms with Crippen molar-refractivity contribution in [1.82, 2.24) is 14.5 Å². The molecule has 0 saturated carbocycles. The van der Waals surface area contributed by atoms with E-state index in [9.17, 15) is 15.3 Å². The predicted molar refractivity (Wildman–Crippen MR) is 69.1 cm³/mol. The molecule has 110 valence electrons. The minimum atomic E-state index is -1.71. The van der Waals surface area contributed by atoms with Crippen LogP contribution in [0.1, 0.15) is 13.2 Å². The van der Waals surface area contributed by atoms with E-state index in [1.54, 1.807) is 12.3 Å². The second-order valence-electron chi connectivity index (χ2n) is 4.90. The molecule has 10 heteroatoms. The van der Waals surface area contributed by atoms with Gasteiger partial charge in [0, 0.05) is 16.5 Å². The fraction of sp³-hybridized carbons (Fsp3) is 0.455. The van der Waals surface area contributed by atoms with Crippen LogP contribution in [0.15, 0.2) is 23.7 Å². The van der Waals surface area contributed by atoms with Crippen LogP contribution < -0.4 is 0 Å². The highest BCUT2D eigenvalue weighted by molar-refractivity contribution is 5.85. The van der Waals surface area contributed by atoms with Crippen LogP contribution in [0.3, 0.4) is 0 Å². The standard InChI is InChI=1S/C11H12N6O4/c1-11(20)6(18)9(19)21-10(11)17-3-2-5-7(15-16-12)13-4-14-8(5)17/h2-4,6,9-10,18-20H,1H3/t6-,9?,10-,11-/m1/s1. The molecule has 21 heavy (non-hydrogen) atoms. The number of rotatable bonds is 2. The number of ether oxygens (including phenoxy) is 1. The van der Waals surface area contributed by atoms with Crippen molar-refractivity contribution in [1.29, 1.82) is 0 Å². The van der Waals surface area contributed by atoms with Crippen molar-refractivity contribution in [3.8, 4) is 0 Å². The maximum atomic E-state index is 10.3. The summed E-state index contributed by atoms with van der Waals surface area (Å²) < 4.78 is 6.63. The Morgan fingerprint density at radius 3 is 2.86 bits per heavy atom. The highest BCUT2D eigenvalue weighted by Crippen LogP contribution is 2.39. The first-order valence-electron chi connectivity index (χ1n) is 6.07. The number of fused-ring (bicyclic) bond motifs is 1. The fourth-order valence-corrected chi connectivity index (χ4v) is 2.39. The maximum absolute atomic E-state index is 10.3. The molecule has 0 amide bonds. The van der Waals surface area contributed by atoms with Gasteiger partial charge in [0.25, 0.3) is 0 Å². The Labute approximate surface area is 117 Å². The molecule has 0 aliphatic carbocycles. The highest BCUT2D eigenvalue weighted by Gasteiger charge is 2.53. The third-order valence-corrected chi connectivity index (χ3v) is 3.52. The molecule has 10 nitrogen and oxygen atoms in total. The quantitative estimate of drug-likeness (QED) is 0.412. The van der Waals surface area contributed by atoms with E-state index >= 15 is 0 Å². The molecule has 4 atom stereocenters. The lowest BCUT2D eigenvalue weighted by Gasteiger charge is -2.27. The van der Waals surface area contributed by atoms with Gasteiger partial charge in [-0.2, -0.15) is 0 Å². The summed E-state index contributed by atoms with van der Waals surface area (Å²) in [6.45, 7) is 1.35. The third-order valence-electron chi connectivity index (χ3n) is 3.52. The molecule has 1 aliphatic rings. The average molecular weight is 292 g/mol. The van der Waals surface area contributed by atoms with Crippen molar-refractivity contribution in [3.63, 3.8) is 0 Å². The van der Waals surface area contributed by atoms with E-state index in [2.05, 4.69) is 20.0 Å². The van der Waals surface area contributed by atoms with Crippen molar-refractivity contribution in [2.75, 3.05) is 0 Å². The lowest BCUT2D eigenvalue weighted by molar-refractivity contribution is -0.141. The number of nitrogens with zero attached hydrogens (tertiary/aromatic N) is 6. The predicted octanol–water partition coefficient (Wildman–Crippen LogP) is 0.332. The van der Waals surface area contributed by atoms with E-state index < -0.39 is 24.2 Å². The van der Waals surface area contributed by atoms with E-state index in [1.807, 2.05) is 0 Å². The number of hydrogen-bond donors (Lipinski definition) is 3. The summed E-state index contributed by atoms with van der Waals surface area (Å²) in [4.78, 5) is 10.6. The van der Waals surface area contributed by atoms with Crippen molar-refractivity contribution >= 4 is 16.9 Å². The van der Waals surface area contributed by atoms with Gasteiger partial charge in [0.05, 0.1) is 0 Å². The largest absolute Gasteiger partial charge is 0.385 e. The zero-order valence-corrected chi connectivity index (χ0v) is 10.9. The van der Waals surface area contributed by atoms with Gasteiger partial charge in [-0.05, 0) is 23.6 Å². The zero-order chi connectivity index (χ0) is 15.2. The topological polar surface area (TPSA) is 149 Å². The van der Waals surface area contributed by atoms with Crippen molar-refractivity contribution < 1.29 is 20.1 Å². The first-order valence-corrected chi connectivity index (χ1v) is 6.07. The van der Waals surface area contributed by atoms with Gasteiger partial charge < -0.3 is 24.6 Å². The first kappa shape index (κ1) is 13.7. The summed E-state index contributed by atoms with van der Waals surface area (Å²) in [7, 11) is 0. The Bertz CT molecular complexity index is 737. The molecule has 1 fully saturated rings. The number of azide groups is 1. The second-order valence-corrected chi connectivity index (χ2v) is 4.90. The minimum absolute atomic E-state index is 0.139. The summed E-state index contributed by atoms with van der Waals surface area (Å²) in [5, 5.41) is 33.6. The van der Waals surface area contributed by atoms with Gasteiger partial charge in [-0.25, -0.2) is 9.97 Å². The molecule has 2 aromatic heterocycles. The molecule has 0 aromatic carbocycles. The number of aliphatic hydroxyl groups is 3. The summed E-state index contributed by atoms with van der Waals surface area (Å²) in [6.07, 6.45) is -1.27. The van der Waals surface area contributed by atoms with Gasteiger partial charge in [-0.1, -0.05) is 0 Å². The molecular formula is C11H12N6O4. The Balaban J connectivity index is 2.14. The first-order chi connectivity index (χ1) is 9.96. The Kier molecular flexibility index (Phi) is 3.04. The number of aromatic nitrogens is 3. The lowest BCUT2D eigenvalue weighted by Crippen LogP contribution is -2.43. The molecule has 2 aromatic rings. The summed E-state index contributed by atoms with van der Waals surface area (Å²) in [6, 6.07) is 1.59. The molecule has 3 N–H and O–H groups in total. The summed E-state index contributed by atoms with van der Waals surface area (Å²) >= 11 is 0. The average Bonchev–Trinajstić information content (AvgIpc) is 2.95. The number of hydrogen-bond acceptors (Lipinski definition) is 7. The van der Waals surface area contributed by atoms with Crippen LogP contribution in [-0.4, -0.2) is 47.8 Å². The minimum Gasteiger partial charge on any atom is -0.385 e. The van der Waals surface area contributed by atoms with Gasteiger partial charge in [0.2, 0.25) is 0 Å². The Hall–Kier alpha value is -2.23. The van der Waals surface area contributed by atoms with Gasteiger partial charge >= 0.3 is 0 Å². The Morgan fingerprint density at radius 2 is 2.24 bits per heavy atom. The van der Waals surface area contributed by atoms with Gasteiger partial charge in [0.15, 0.2) is 12.5 Å². The van der Waals surface area contributed by atoms with Crippen LogP contribution in [0.2, 0.25) is 0 Å². The van der Waals surface area contributed by atoms with E-state index in [-0.39, 0.29) is 5.82 Å². The lowest BCUT2D eigenvalue weighted by atomic mass is 9.99. The molecule has 0 bridgehead atoms. The molecule has 0 radical (unpaired) electrons. The van der Waals surface area contributed by atoms with Crippen LogP contribution in [0.4, 0.5) is 5.82 Å².